The van der Waals surface area contributed by atoms with Gasteiger partial charge >= 0.3 is 0 Å². The monoisotopic (exact) mass is 242 g/mol. The molecule has 93 valence electrons. The molecule has 0 fully saturated rings. The molecule has 0 amide bonds. The second kappa shape index (κ2) is 6.59. The molecule has 0 bridgehead atoms. The summed E-state index contributed by atoms with van der Waals surface area (Å²) < 4.78 is 5.58. The lowest BCUT2D eigenvalue weighted by Crippen LogP contribution is -2.18. The SMILES string of the molecule is [CH2]C(CCOc1ccncc1)Nc1ccncc1. The van der Waals surface area contributed by atoms with Crippen LogP contribution in [-0.4, -0.2) is 22.6 Å². The molecule has 4 nitrogen and oxygen atoms in total. The molecule has 0 aromatic carbocycles. The van der Waals surface area contributed by atoms with Gasteiger partial charge < -0.3 is 10.1 Å². The number of nitrogens with one attached hydrogen (secondary N) is 1. The second-order valence-corrected chi connectivity index (χ2v) is 3.90. The predicted molar refractivity (Wildman–Crippen MR) is 71.4 cm³/mol. The Morgan fingerprint density at radius 3 is 2.33 bits per heavy atom. The molecule has 2 rings (SSSR count). The van der Waals surface area contributed by atoms with Gasteiger partial charge in [0.15, 0.2) is 0 Å². The van der Waals surface area contributed by atoms with Crippen LogP contribution < -0.4 is 10.1 Å². The van der Waals surface area contributed by atoms with Crippen molar-refractivity contribution >= 4 is 5.69 Å². The van der Waals surface area contributed by atoms with E-state index < -0.39 is 0 Å². The molecule has 0 saturated heterocycles. The summed E-state index contributed by atoms with van der Waals surface area (Å²) in [5.74, 6) is 0.834. The number of aromatic nitrogens is 2. The molecule has 0 aliphatic rings. The Bertz CT molecular complexity index is 447. The molecular weight excluding hydrogens is 226 g/mol. The third-order valence-electron chi connectivity index (χ3n) is 2.44. The maximum atomic E-state index is 5.58. The maximum absolute atomic E-state index is 5.58. The highest BCUT2D eigenvalue weighted by Crippen LogP contribution is 2.10. The van der Waals surface area contributed by atoms with Crippen LogP contribution in [0.1, 0.15) is 6.42 Å². The van der Waals surface area contributed by atoms with E-state index >= 15 is 0 Å². The van der Waals surface area contributed by atoms with E-state index in [0.29, 0.717) is 6.61 Å². The van der Waals surface area contributed by atoms with Crippen molar-refractivity contribution in [2.75, 3.05) is 11.9 Å². The first kappa shape index (κ1) is 12.4. The fourth-order valence-electron chi connectivity index (χ4n) is 1.51. The summed E-state index contributed by atoms with van der Waals surface area (Å²) in [5.41, 5.74) is 1.02. The van der Waals surface area contributed by atoms with Crippen LogP contribution in [0.3, 0.4) is 0 Å². The van der Waals surface area contributed by atoms with Gasteiger partial charge in [0.2, 0.25) is 0 Å². The smallest absolute Gasteiger partial charge is 0.122 e. The lowest BCUT2D eigenvalue weighted by Gasteiger charge is -2.15. The zero-order valence-electron chi connectivity index (χ0n) is 10.1. The Morgan fingerprint density at radius 1 is 1.06 bits per heavy atom. The van der Waals surface area contributed by atoms with E-state index in [1.54, 1.807) is 24.8 Å². The summed E-state index contributed by atoms with van der Waals surface area (Å²) in [6.07, 6.45) is 7.76. The molecule has 2 heterocycles. The van der Waals surface area contributed by atoms with E-state index in [-0.39, 0.29) is 6.04 Å². The molecule has 1 unspecified atom stereocenters. The van der Waals surface area contributed by atoms with Gasteiger partial charge in [-0.25, -0.2) is 0 Å². The standard InChI is InChI=1S/C14H16N3O/c1-12(17-13-2-7-15-8-3-13)6-11-18-14-4-9-16-10-5-14/h2-5,7-10,12H,1,6,11H2,(H,15,17). The quantitative estimate of drug-likeness (QED) is 0.845. The molecule has 1 atom stereocenters. The molecule has 4 heteroatoms. The van der Waals surface area contributed by atoms with E-state index in [1.807, 2.05) is 24.3 Å². The van der Waals surface area contributed by atoms with Crippen LogP contribution in [0.5, 0.6) is 5.75 Å². The molecule has 2 aromatic rings. The number of hydrogen-bond acceptors (Lipinski definition) is 4. The normalized spacial score (nSPS) is 11.8. The molecule has 0 aliphatic carbocycles. The van der Waals surface area contributed by atoms with Gasteiger partial charge in [-0.2, -0.15) is 0 Å². The number of hydrogen-bond donors (Lipinski definition) is 1. The van der Waals surface area contributed by atoms with Gasteiger partial charge in [0.05, 0.1) is 6.61 Å². The van der Waals surface area contributed by atoms with Crippen molar-refractivity contribution in [3.05, 3.63) is 56.0 Å². The third kappa shape index (κ3) is 4.05. The molecule has 0 spiro atoms. The van der Waals surface area contributed by atoms with Crippen LogP contribution in [-0.2, 0) is 0 Å². The summed E-state index contributed by atoms with van der Waals surface area (Å²) >= 11 is 0. The minimum Gasteiger partial charge on any atom is -0.493 e. The predicted octanol–water partition coefficient (Wildman–Crippen LogP) is 2.56. The molecular formula is C14H16N3O. The van der Waals surface area contributed by atoms with E-state index in [1.165, 1.54) is 0 Å². The molecule has 0 aliphatic heterocycles. The van der Waals surface area contributed by atoms with Gasteiger partial charge in [-0.1, -0.05) is 0 Å². The molecule has 18 heavy (non-hydrogen) atoms. The molecule has 1 radical (unpaired) electrons. The van der Waals surface area contributed by atoms with Crippen molar-refractivity contribution in [3.8, 4) is 5.75 Å². The first-order valence-corrected chi connectivity index (χ1v) is 5.87. The van der Waals surface area contributed by atoms with Crippen molar-refractivity contribution in [1.29, 1.82) is 0 Å². The average Bonchev–Trinajstić information content (AvgIpc) is 2.41. The highest BCUT2D eigenvalue weighted by Gasteiger charge is 2.02. The van der Waals surface area contributed by atoms with Crippen molar-refractivity contribution in [2.24, 2.45) is 0 Å². The van der Waals surface area contributed by atoms with Gasteiger partial charge in [-0.3, -0.25) is 9.97 Å². The summed E-state index contributed by atoms with van der Waals surface area (Å²) in [6.45, 7) is 4.66. The van der Waals surface area contributed by atoms with Crippen molar-refractivity contribution in [3.63, 3.8) is 0 Å². The van der Waals surface area contributed by atoms with Crippen molar-refractivity contribution in [1.82, 2.24) is 9.97 Å². The maximum Gasteiger partial charge on any atom is 0.122 e. The fourth-order valence-corrected chi connectivity index (χ4v) is 1.51. The van der Waals surface area contributed by atoms with Gasteiger partial charge in [-0.05, 0) is 31.2 Å². The first-order valence-electron chi connectivity index (χ1n) is 5.87. The van der Waals surface area contributed by atoms with Crippen molar-refractivity contribution < 1.29 is 4.74 Å². The largest absolute Gasteiger partial charge is 0.493 e. The lowest BCUT2D eigenvalue weighted by atomic mass is 10.2. The Labute approximate surface area is 107 Å². The van der Waals surface area contributed by atoms with Gasteiger partial charge in [0.1, 0.15) is 5.75 Å². The Kier molecular flexibility index (Phi) is 4.53. The first-order chi connectivity index (χ1) is 8.84. The molecule has 2 aromatic heterocycles. The highest BCUT2D eigenvalue weighted by atomic mass is 16.5. The summed E-state index contributed by atoms with van der Waals surface area (Å²) in [6, 6.07) is 7.63. The zero-order chi connectivity index (χ0) is 12.6. The minimum absolute atomic E-state index is 0.106. The van der Waals surface area contributed by atoms with E-state index in [0.717, 1.165) is 17.9 Å². The Balaban J connectivity index is 1.71. The number of ether oxygens (including phenoxy) is 1. The number of nitrogens with zero attached hydrogens (tertiary/aromatic N) is 2. The zero-order valence-corrected chi connectivity index (χ0v) is 10.1. The number of pyridine rings is 2. The average molecular weight is 242 g/mol. The van der Waals surface area contributed by atoms with Gasteiger partial charge in [-0.15, -0.1) is 0 Å². The summed E-state index contributed by atoms with van der Waals surface area (Å²) in [5, 5.41) is 3.28. The summed E-state index contributed by atoms with van der Waals surface area (Å²) in [7, 11) is 0. The van der Waals surface area contributed by atoms with E-state index in [9.17, 15) is 0 Å². The van der Waals surface area contributed by atoms with Crippen LogP contribution in [0, 0.1) is 6.92 Å². The van der Waals surface area contributed by atoms with E-state index in [2.05, 4.69) is 22.2 Å². The second-order valence-electron chi connectivity index (χ2n) is 3.90. The fraction of sp³-hybridized carbons (Fsp3) is 0.214. The summed E-state index contributed by atoms with van der Waals surface area (Å²) in [4.78, 5) is 7.90. The van der Waals surface area contributed by atoms with Crippen LogP contribution in [0.4, 0.5) is 5.69 Å². The van der Waals surface area contributed by atoms with E-state index in [4.69, 9.17) is 4.74 Å². The topological polar surface area (TPSA) is 47.0 Å². The van der Waals surface area contributed by atoms with Crippen LogP contribution >= 0.6 is 0 Å². The van der Waals surface area contributed by atoms with Gasteiger partial charge in [0, 0.05) is 42.9 Å². The Hall–Kier alpha value is -2.10. The molecule has 1 N–H and O–H groups in total. The van der Waals surface area contributed by atoms with Gasteiger partial charge in [0.25, 0.3) is 0 Å². The molecule has 0 saturated carbocycles. The number of anilines is 1. The van der Waals surface area contributed by atoms with Crippen molar-refractivity contribution in [2.45, 2.75) is 12.5 Å². The highest BCUT2D eigenvalue weighted by molar-refractivity contribution is 5.41. The number of rotatable bonds is 6. The Morgan fingerprint density at radius 2 is 1.67 bits per heavy atom. The van der Waals surface area contributed by atoms with Crippen LogP contribution in [0.15, 0.2) is 49.1 Å². The van der Waals surface area contributed by atoms with Crippen LogP contribution in [0.2, 0.25) is 0 Å². The van der Waals surface area contributed by atoms with Crippen LogP contribution in [0.25, 0.3) is 0 Å². The lowest BCUT2D eigenvalue weighted by molar-refractivity contribution is 0.307. The third-order valence-corrected chi connectivity index (χ3v) is 2.44. The minimum atomic E-state index is 0.106.